The van der Waals surface area contributed by atoms with Gasteiger partial charge in [0.25, 0.3) is 0 Å². The number of carboxylic acids is 1. The lowest BCUT2D eigenvalue weighted by atomic mass is 10.1. The molecule has 18 heavy (non-hydrogen) atoms. The molecule has 4 nitrogen and oxygen atoms in total. The van der Waals surface area contributed by atoms with Crippen LogP contribution < -0.4 is 4.90 Å². The smallest absolute Gasteiger partial charge is 0.338 e. The second-order valence-electron chi connectivity index (χ2n) is 4.36. The average molecular weight is 256 g/mol. The summed E-state index contributed by atoms with van der Waals surface area (Å²) in [6, 6.07) is 2.43. The summed E-state index contributed by atoms with van der Waals surface area (Å²) in [6.07, 6.45) is 0. The summed E-state index contributed by atoms with van der Waals surface area (Å²) in [7, 11) is 1.96. The van der Waals surface area contributed by atoms with Crippen molar-refractivity contribution in [3.8, 4) is 0 Å². The zero-order valence-electron chi connectivity index (χ0n) is 9.99. The van der Waals surface area contributed by atoms with Gasteiger partial charge in [0.05, 0.1) is 11.3 Å². The fourth-order valence-corrected chi connectivity index (χ4v) is 2.00. The molecular weight excluding hydrogens is 242 g/mol. The Hall–Kier alpha value is -1.69. The summed E-state index contributed by atoms with van der Waals surface area (Å²) in [4.78, 5) is 14.5. The van der Waals surface area contributed by atoms with E-state index in [0.29, 0.717) is 13.1 Å². The van der Waals surface area contributed by atoms with Gasteiger partial charge >= 0.3 is 5.97 Å². The third kappa shape index (κ3) is 2.28. The van der Waals surface area contributed by atoms with Crippen LogP contribution in [0.4, 0.5) is 14.5 Å². The molecule has 0 saturated carbocycles. The van der Waals surface area contributed by atoms with E-state index in [2.05, 4.69) is 4.90 Å². The van der Waals surface area contributed by atoms with Crippen molar-refractivity contribution in [3.05, 3.63) is 29.3 Å². The first-order valence-corrected chi connectivity index (χ1v) is 5.65. The number of carbonyl (C=O) groups is 1. The van der Waals surface area contributed by atoms with E-state index in [0.717, 1.165) is 19.2 Å². The number of halogens is 2. The number of aromatic carboxylic acids is 1. The summed E-state index contributed by atoms with van der Waals surface area (Å²) < 4.78 is 27.4. The van der Waals surface area contributed by atoms with Crippen LogP contribution in [0.1, 0.15) is 10.4 Å². The predicted octanol–water partition coefficient (Wildman–Crippen LogP) is 1.41. The summed E-state index contributed by atoms with van der Waals surface area (Å²) in [5.41, 5.74) is -0.504. The molecule has 0 amide bonds. The number of benzene rings is 1. The lowest BCUT2D eigenvalue weighted by molar-refractivity contribution is 0.0690. The normalized spacial score (nSPS) is 16.9. The number of rotatable bonds is 2. The molecule has 0 spiro atoms. The topological polar surface area (TPSA) is 43.8 Å². The van der Waals surface area contributed by atoms with Gasteiger partial charge in [0.2, 0.25) is 0 Å². The Morgan fingerprint density at radius 3 is 2.33 bits per heavy atom. The second-order valence-corrected chi connectivity index (χ2v) is 4.36. The van der Waals surface area contributed by atoms with Crippen molar-refractivity contribution in [1.29, 1.82) is 0 Å². The van der Waals surface area contributed by atoms with Gasteiger partial charge in [-0.05, 0) is 19.2 Å². The number of anilines is 1. The van der Waals surface area contributed by atoms with Gasteiger partial charge in [-0.25, -0.2) is 13.6 Å². The predicted molar refractivity (Wildman–Crippen MR) is 63.0 cm³/mol. The van der Waals surface area contributed by atoms with Crippen molar-refractivity contribution in [2.75, 3.05) is 38.1 Å². The molecule has 1 aromatic carbocycles. The summed E-state index contributed by atoms with van der Waals surface area (Å²) in [5.74, 6) is -3.84. The minimum Gasteiger partial charge on any atom is -0.478 e. The quantitative estimate of drug-likeness (QED) is 0.869. The molecule has 2 rings (SSSR count). The van der Waals surface area contributed by atoms with Gasteiger partial charge in [-0.1, -0.05) is 0 Å². The zero-order chi connectivity index (χ0) is 13.3. The van der Waals surface area contributed by atoms with E-state index < -0.39 is 23.2 Å². The number of nitrogens with zero attached hydrogens (tertiary/aromatic N) is 2. The van der Waals surface area contributed by atoms with Crippen LogP contribution in [0.2, 0.25) is 0 Å². The fraction of sp³-hybridized carbons (Fsp3) is 0.417. The maximum Gasteiger partial charge on any atom is 0.338 e. The standard InChI is InChI=1S/C12H14F2N2O2/c1-15-4-6-16(7-5-15)9-3-2-8(12(17)18)10(13)11(9)14/h2-3H,4-7H2,1H3,(H,17,18). The van der Waals surface area contributed by atoms with E-state index in [1.807, 2.05) is 7.05 Å². The number of piperazine rings is 1. The van der Waals surface area contributed by atoms with E-state index in [1.165, 1.54) is 6.07 Å². The van der Waals surface area contributed by atoms with Crippen molar-refractivity contribution < 1.29 is 18.7 Å². The highest BCUT2D eigenvalue weighted by atomic mass is 19.2. The van der Waals surface area contributed by atoms with Crippen LogP contribution in [0.3, 0.4) is 0 Å². The minimum atomic E-state index is -1.46. The third-order valence-electron chi connectivity index (χ3n) is 3.14. The van der Waals surface area contributed by atoms with Gasteiger partial charge in [0.1, 0.15) is 0 Å². The number of carboxylic acid groups (broad SMARTS) is 1. The zero-order valence-corrected chi connectivity index (χ0v) is 9.99. The van der Waals surface area contributed by atoms with Gasteiger partial charge in [0.15, 0.2) is 11.6 Å². The summed E-state index contributed by atoms with van der Waals surface area (Å²) >= 11 is 0. The molecule has 1 aliphatic rings. The lowest BCUT2D eigenvalue weighted by Gasteiger charge is -2.34. The third-order valence-corrected chi connectivity index (χ3v) is 3.14. The molecule has 98 valence electrons. The molecule has 1 aliphatic heterocycles. The van der Waals surface area contributed by atoms with Crippen LogP contribution >= 0.6 is 0 Å². The van der Waals surface area contributed by atoms with Crippen LogP contribution in [0.15, 0.2) is 12.1 Å². The number of hydrogen-bond donors (Lipinski definition) is 1. The molecular formula is C12H14F2N2O2. The molecule has 0 aliphatic carbocycles. The molecule has 6 heteroatoms. The Balaban J connectivity index is 2.30. The van der Waals surface area contributed by atoms with Crippen LogP contribution in [-0.2, 0) is 0 Å². The molecule has 0 aromatic heterocycles. The molecule has 1 heterocycles. The Bertz CT molecular complexity index is 471. The van der Waals surface area contributed by atoms with E-state index in [4.69, 9.17) is 5.11 Å². The van der Waals surface area contributed by atoms with Gasteiger partial charge in [0, 0.05) is 26.2 Å². The highest BCUT2D eigenvalue weighted by Crippen LogP contribution is 2.25. The van der Waals surface area contributed by atoms with Crippen LogP contribution in [-0.4, -0.2) is 49.2 Å². The first kappa shape index (κ1) is 12.8. The average Bonchev–Trinajstić information content (AvgIpc) is 2.33. The van der Waals surface area contributed by atoms with Crippen molar-refractivity contribution in [2.45, 2.75) is 0 Å². The van der Waals surface area contributed by atoms with Crippen LogP contribution in [0.25, 0.3) is 0 Å². The van der Waals surface area contributed by atoms with Crippen LogP contribution in [0.5, 0.6) is 0 Å². The molecule has 1 aromatic rings. The summed E-state index contributed by atoms with van der Waals surface area (Å²) in [5, 5.41) is 8.70. The van der Waals surface area contributed by atoms with Crippen molar-refractivity contribution >= 4 is 11.7 Å². The van der Waals surface area contributed by atoms with Crippen molar-refractivity contribution in [2.24, 2.45) is 0 Å². The van der Waals surface area contributed by atoms with Crippen molar-refractivity contribution in [1.82, 2.24) is 4.90 Å². The molecule has 0 unspecified atom stereocenters. The highest BCUT2D eigenvalue weighted by molar-refractivity contribution is 5.88. The van der Waals surface area contributed by atoms with E-state index in [9.17, 15) is 13.6 Å². The Kier molecular flexibility index (Phi) is 3.47. The van der Waals surface area contributed by atoms with Gasteiger partial charge in [-0.15, -0.1) is 0 Å². The first-order chi connectivity index (χ1) is 8.50. The van der Waals surface area contributed by atoms with Crippen LogP contribution in [0, 0.1) is 11.6 Å². The molecule has 1 fully saturated rings. The molecule has 0 radical (unpaired) electrons. The monoisotopic (exact) mass is 256 g/mol. The number of hydrogen-bond acceptors (Lipinski definition) is 3. The molecule has 1 N–H and O–H groups in total. The lowest BCUT2D eigenvalue weighted by Crippen LogP contribution is -2.44. The Morgan fingerprint density at radius 1 is 1.17 bits per heavy atom. The van der Waals surface area contributed by atoms with Gasteiger partial charge < -0.3 is 14.9 Å². The molecule has 1 saturated heterocycles. The van der Waals surface area contributed by atoms with E-state index in [1.54, 1.807) is 4.90 Å². The fourth-order valence-electron chi connectivity index (χ4n) is 2.00. The first-order valence-electron chi connectivity index (χ1n) is 5.65. The Morgan fingerprint density at radius 2 is 1.78 bits per heavy atom. The molecule has 0 bridgehead atoms. The largest absolute Gasteiger partial charge is 0.478 e. The van der Waals surface area contributed by atoms with E-state index >= 15 is 0 Å². The maximum absolute atomic E-state index is 13.8. The Labute approximate surface area is 103 Å². The summed E-state index contributed by atoms with van der Waals surface area (Å²) in [6.45, 7) is 2.72. The minimum absolute atomic E-state index is 0.130. The molecule has 0 atom stereocenters. The SMILES string of the molecule is CN1CCN(c2ccc(C(=O)O)c(F)c2F)CC1. The number of likely N-dealkylation sites (N-methyl/N-ethyl adjacent to an activating group) is 1. The second kappa shape index (κ2) is 4.89. The van der Waals surface area contributed by atoms with Gasteiger partial charge in [-0.3, -0.25) is 0 Å². The van der Waals surface area contributed by atoms with E-state index in [-0.39, 0.29) is 5.69 Å². The van der Waals surface area contributed by atoms with Crippen molar-refractivity contribution in [3.63, 3.8) is 0 Å². The maximum atomic E-state index is 13.8. The van der Waals surface area contributed by atoms with Gasteiger partial charge in [-0.2, -0.15) is 0 Å². The highest BCUT2D eigenvalue weighted by Gasteiger charge is 2.23.